The highest BCUT2D eigenvalue weighted by molar-refractivity contribution is 5.97. The number of amides is 2. The second-order valence-electron chi connectivity index (χ2n) is 6.36. The van der Waals surface area contributed by atoms with Crippen LogP contribution in [-0.4, -0.2) is 66.5 Å². The highest BCUT2D eigenvalue weighted by atomic mass is 16.5. The van der Waals surface area contributed by atoms with Crippen LogP contribution in [0.15, 0.2) is 18.2 Å². The van der Waals surface area contributed by atoms with Gasteiger partial charge in [-0.2, -0.15) is 0 Å². The quantitative estimate of drug-likeness (QED) is 0.869. The maximum Gasteiger partial charge on any atom is 0.308 e. The molecule has 1 aromatic rings. The smallest absolute Gasteiger partial charge is 0.308 e. The first-order chi connectivity index (χ1) is 11.8. The van der Waals surface area contributed by atoms with Crippen LogP contribution in [0.3, 0.4) is 0 Å². The first-order valence-electron chi connectivity index (χ1n) is 8.24. The molecular formula is C18H24N2O5. The van der Waals surface area contributed by atoms with E-state index in [9.17, 15) is 14.4 Å². The van der Waals surface area contributed by atoms with Crippen molar-refractivity contribution in [3.8, 4) is 5.75 Å². The van der Waals surface area contributed by atoms with Crippen molar-refractivity contribution in [3.05, 3.63) is 29.3 Å². The molecule has 2 amide bonds. The van der Waals surface area contributed by atoms with Gasteiger partial charge in [0.15, 0.2) is 0 Å². The van der Waals surface area contributed by atoms with E-state index in [4.69, 9.17) is 9.84 Å². The molecule has 1 heterocycles. The number of aryl methyl sites for hydroxylation is 1. The second-order valence-corrected chi connectivity index (χ2v) is 6.36. The first kappa shape index (κ1) is 18.8. The minimum absolute atomic E-state index is 0.0728. The topological polar surface area (TPSA) is 87.2 Å². The molecule has 1 aromatic carbocycles. The number of hydrogen-bond donors (Lipinski definition) is 1. The molecule has 1 unspecified atom stereocenters. The number of methoxy groups -OCH3 is 1. The van der Waals surface area contributed by atoms with Gasteiger partial charge in [0.1, 0.15) is 5.75 Å². The highest BCUT2D eigenvalue weighted by Gasteiger charge is 2.29. The Morgan fingerprint density at radius 1 is 1.36 bits per heavy atom. The molecule has 1 aliphatic rings. The maximum atomic E-state index is 12.6. The summed E-state index contributed by atoms with van der Waals surface area (Å²) in [5, 5.41) is 9.12. The lowest BCUT2D eigenvalue weighted by Gasteiger charge is -2.32. The van der Waals surface area contributed by atoms with Crippen LogP contribution in [0, 0.1) is 12.8 Å². The van der Waals surface area contributed by atoms with E-state index in [-0.39, 0.29) is 24.9 Å². The lowest BCUT2D eigenvalue weighted by molar-refractivity contribution is -0.145. The summed E-state index contributed by atoms with van der Waals surface area (Å²) in [6.07, 6.45) is 1.25. The van der Waals surface area contributed by atoms with Crippen LogP contribution in [0.2, 0.25) is 0 Å². The van der Waals surface area contributed by atoms with Crippen molar-refractivity contribution < 1.29 is 24.2 Å². The van der Waals surface area contributed by atoms with Crippen molar-refractivity contribution in [3.63, 3.8) is 0 Å². The molecule has 25 heavy (non-hydrogen) atoms. The molecule has 7 nitrogen and oxygen atoms in total. The summed E-state index contributed by atoms with van der Waals surface area (Å²) in [6, 6.07) is 5.15. The largest absolute Gasteiger partial charge is 0.497 e. The SMILES string of the molecule is COc1ccc(C(=O)N(C)CC(=O)N2CCCC(C(=O)O)C2)c(C)c1. The number of ether oxygens (including phenoxy) is 1. The van der Waals surface area contributed by atoms with Crippen LogP contribution in [0.1, 0.15) is 28.8 Å². The molecule has 1 fully saturated rings. The normalized spacial score (nSPS) is 17.1. The Morgan fingerprint density at radius 3 is 2.68 bits per heavy atom. The Morgan fingerprint density at radius 2 is 2.08 bits per heavy atom. The van der Waals surface area contributed by atoms with Crippen LogP contribution < -0.4 is 4.74 Å². The Labute approximate surface area is 147 Å². The van der Waals surface area contributed by atoms with E-state index in [1.54, 1.807) is 32.4 Å². The van der Waals surface area contributed by atoms with E-state index in [1.165, 1.54) is 9.80 Å². The van der Waals surface area contributed by atoms with Gasteiger partial charge >= 0.3 is 5.97 Å². The molecular weight excluding hydrogens is 324 g/mol. The molecule has 0 bridgehead atoms. The summed E-state index contributed by atoms with van der Waals surface area (Å²) in [6.45, 7) is 2.48. The van der Waals surface area contributed by atoms with E-state index in [2.05, 4.69) is 0 Å². The van der Waals surface area contributed by atoms with Crippen molar-refractivity contribution >= 4 is 17.8 Å². The minimum atomic E-state index is -0.879. The predicted molar refractivity (Wildman–Crippen MR) is 91.6 cm³/mol. The van der Waals surface area contributed by atoms with E-state index in [0.29, 0.717) is 30.7 Å². The minimum Gasteiger partial charge on any atom is -0.497 e. The zero-order valence-electron chi connectivity index (χ0n) is 14.8. The zero-order valence-corrected chi connectivity index (χ0v) is 14.8. The van der Waals surface area contributed by atoms with Gasteiger partial charge in [0.2, 0.25) is 5.91 Å². The molecule has 1 aliphatic heterocycles. The Balaban J connectivity index is 2.01. The third-order valence-corrected chi connectivity index (χ3v) is 4.51. The fourth-order valence-electron chi connectivity index (χ4n) is 2.99. The summed E-state index contributed by atoms with van der Waals surface area (Å²) in [4.78, 5) is 39.0. The number of carbonyl (C=O) groups excluding carboxylic acids is 2. The molecule has 0 saturated carbocycles. The zero-order chi connectivity index (χ0) is 18.6. The lowest BCUT2D eigenvalue weighted by atomic mass is 9.98. The van der Waals surface area contributed by atoms with Crippen LogP contribution in [0.4, 0.5) is 0 Å². The molecule has 1 atom stereocenters. The van der Waals surface area contributed by atoms with Crippen molar-refractivity contribution in [2.75, 3.05) is 33.8 Å². The van der Waals surface area contributed by atoms with Crippen molar-refractivity contribution in [2.24, 2.45) is 5.92 Å². The first-order valence-corrected chi connectivity index (χ1v) is 8.24. The fourth-order valence-corrected chi connectivity index (χ4v) is 2.99. The number of aliphatic carboxylic acids is 1. The number of carboxylic acid groups (broad SMARTS) is 1. The molecule has 1 saturated heterocycles. The molecule has 0 spiro atoms. The van der Waals surface area contributed by atoms with Gasteiger partial charge in [0.05, 0.1) is 19.6 Å². The van der Waals surface area contributed by atoms with Gasteiger partial charge in [0, 0.05) is 25.7 Å². The monoisotopic (exact) mass is 348 g/mol. The molecule has 7 heteroatoms. The summed E-state index contributed by atoms with van der Waals surface area (Å²) >= 11 is 0. The van der Waals surface area contributed by atoms with Crippen molar-refractivity contribution in [2.45, 2.75) is 19.8 Å². The van der Waals surface area contributed by atoms with E-state index < -0.39 is 11.9 Å². The number of likely N-dealkylation sites (N-methyl/N-ethyl adjacent to an activating group) is 1. The number of nitrogens with zero attached hydrogens (tertiary/aromatic N) is 2. The average Bonchev–Trinajstić information content (AvgIpc) is 2.60. The second kappa shape index (κ2) is 8.00. The number of carbonyl (C=O) groups is 3. The lowest BCUT2D eigenvalue weighted by Crippen LogP contribution is -2.47. The summed E-state index contributed by atoms with van der Waals surface area (Å²) in [5.74, 6) is -1.22. The number of rotatable bonds is 5. The van der Waals surface area contributed by atoms with Gasteiger partial charge in [-0.25, -0.2) is 0 Å². The van der Waals surface area contributed by atoms with Crippen molar-refractivity contribution in [1.82, 2.24) is 9.80 Å². The fraction of sp³-hybridized carbons (Fsp3) is 0.500. The van der Waals surface area contributed by atoms with E-state index >= 15 is 0 Å². The highest BCUT2D eigenvalue weighted by Crippen LogP contribution is 2.19. The number of piperidine rings is 1. The van der Waals surface area contributed by atoms with Gasteiger partial charge in [-0.1, -0.05) is 0 Å². The van der Waals surface area contributed by atoms with Gasteiger partial charge in [-0.15, -0.1) is 0 Å². The van der Waals surface area contributed by atoms with Gasteiger partial charge in [-0.3, -0.25) is 14.4 Å². The van der Waals surface area contributed by atoms with Gasteiger partial charge in [0.25, 0.3) is 5.91 Å². The molecule has 0 aliphatic carbocycles. The molecule has 0 radical (unpaired) electrons. The van der Waals surface area contributed by atoms with Crippen molar-refractivity contribution in [1.29, 1.82) is 0 Å². The summed E-state index contributed by atoms with van der Waals surface area (Å²) < 4.78 is 5.13. The van der Waals surface area contributed by atoms with Gasteiger partial charge < -0.3 is 19.6 Å². The number of likely N-dealkylation sites (tertiary alicyclic amines) is 1. The molecule has 1 N–H and O–H groups in total. The van der Waals surface area contributed by atoms with Gasteiger partial charge in [-0.05, 0) is 43.5 Å². The van der Waals surface area contributed by atoms with E-state index in [1.807, 2.05) is 6.92 Å². The van der Waals surface area contributed by atoms with Crippen LogP contribution >= 0.6 is 0 Å². The standard InChI is InChI=1S/C18H24N2O5/c1-12-9-14(25-3)6-7-15(12)17(22)19(2)11-16(21)20-8-4-5-13(10-20)18(23)24/h6-7,9,13H,4-5,8,10-11H2,1-3H3,(H,23,24). The maximum absolute atomic E-state index is 12.6. The van der Waals surface area contributed by atoms with Crippen LogP contribution in [0.25, 0.3) is 0 Å². The van der Waals surface area contributed by atoms with Crippen LogP contribution in [-0.2, 0) is 9.59 Å². The molecule has 136 valence electrons. The summed E-state index contributed by atoms with van der Waals surface area (Å²) in [5.41, 5.74) is 1.28. The average molecular weight is 348 g/mol. The third-order valence-electron chi connectivity index (χ3n) is 4.51. The van der Waals surface area contributed by atoms with E-state index in [0.717, 1.165) is 5.56 Å². The Bertz CT molecular complexity index is 673. The Hall–Kier alpha value is -2.57. The Kier molecular flexibility index (Phi) is 6.01. The molecule has 0 aromatic heterocycles. The third kappa shape index (κ3) is 4.49. The molecule has 2 rings (SSSR count). The summed E-state index contributed by atoms with van der Waals surface area (Å²) in [7, 11) is 3.13. The number of hydrogen-bond acceptors (Lipinski definition) is 4. The van der Waals surface area contributed by atoms with Crippen LogP contribution in [0.5, 0.6) is 5.75 Å². The predicted octanol–water partition coefficient (Wildman–Crippen LogP) is 1.40. The number of benzene rings is 1. The number of carboxylic acids is 1.